The number of aromatic nitrogens is 1. The first kappa shape index (κ1) is 14.9. The lowest BCUT2D eigenvalue weighted by molar-refractivity contribution is -0.121. The van der Waals surface area contributed by atoms with Gasteiger partial charge >= 0.3 is 0 Å². The summed E-state index contributed by atoms with van der Waals surface area (Å²) in [4.78, 5) is 15.1. The summed E-state index contributed by atoms with van der Waals surface area (Å²) in [5.74, 6) is -0.652. The molecule has 1 atom stereocenters. The first-order valence-electron chi connectivity index (χ1n) is 5.05. The van der Waals surface area contributed by atoms with Crippen molar-refractivity contribution in [3.05, 3.63) is 23.4 Å². The molecule has 1 rings (SSSR count). The number of nitrogens with zero attached hydrogens (tertiary/aromatic N) is 1. The molecular formula is C10H13ClN2O4S. The molecule has 0 saturated carbocycles. The number of ether oxygens (including phenoxy) is 1. The maximum Gasteiger partial charge on any atom is 0.281 e. The number of carbonyl (C=O) groups excluding carboxylic acids is 1. The highest BCUT2D eigenvalue weighted by Gasteiger charge is 2.20. The molecule has 0 aromatic carbocycles. The summed E-state index contributed by atoms with van der Waals surface area (Å²) in [6.45, 7) is 1.66. The molecule has 0 aliphatic rings. The van der Waals surface area contributed by atoms with Crippen LogP contribution < -0.4 is 4.72 Å². The molecule has 0 radical (unpaired) electrons. The first-order chi connectivity index (χ1) is 8.35. The van der Waals surface area contributed by atoms with Crippen molar-refractivity contribution in [2.24, 2.45) is 0 Å². The van der Waals surface area contributed by atoms with Crippen LogP contribution in [0.1, 0.15) is 13.3 Å². The Balaban J connectivity index is 2.76. The SMILES string of the molecule is CO[C@H](C)CC(=O)NS(=O)(=O)c1ccc(Cl)cn1. The Hall–Kier alpha value is -1.18. The quantitative estimate of drug-likeness (QED) is 0.874. The van der Waals surface area contributed by atoms with Gasteiger partial charge in [0.2, 0.25) is 5.91 Å². The summed E-state index contributed by atoms with van der Waals surface area (Å²) in [6.07, 6.45) is 0.778. The molecule has 1 heterocycles. The zero-order valence-corrected chi connectivity index (χ0v) is 11.5. The van der Waals surface area contributed by atoms with Gasteiger partial charge in [-0.1, -0.05) is 11.6 Å². The highest BCUT2D eigenvalue weighted by molar-refractivity contribution is 7.90. The first-order valence-corrected chi connectivity index (χ1v) is 6.91. The summed E-state index contributed by atoms with van der Waals surface area (Å²) >= 11 is 5.59. The molecule has 0 saturated heterocycles. The number of rotatable bonds is 5. The van der Waals surface area contributed by atoms with Crippen LogP contribution >= 0.6 is 11.6 Å². The number of methoxy groups -OCH3 is 1. The Morgan fingerprint density at radius 3 is 2.72 bits per heavy atom. The zero-order valence-electron chi connectivity index (χ0n) is 9.88. The zero-order chi connectivity index (χ0) is 13.8. The van der Waals surface area contributed by atoms with E-state index in [1.165, 1.54) is 25.4 Å². The van der Waals surface area contributed by atoms with Gasteiger partial charge < -0.3 is 4.74 Å². The molecule has 0 unspecified atom stereocenters. The number of sulfonamides is 1. The number of halogens is 1. The van der Waals surface area contributed by atoms with Gasteiger partial charge in [-0.2, -0.15) is 8.42 Å². The maximum atomic E-state index is 11.7. The van der Waals surface area contributed by atoms with Crippen molar-refractivity contribution >= 4 is 27.5 Å². The molecule has 0 bridgehead atoms. The van der Waals surface area contributed by atoms with Crippen molar-refractivity contribution in [2.45, 2.75) is 24.5 Å². The van der Waals surface area contributed by atoms with Gasteiger partial charge in [-0.05, 0) is 19.1 Å². The molecule has 6 nitrogen and oxygen atoms in total. The predicted molar refractivity (Wildman–Crippen MR) is 65.7 cm³/mol. The number of hydrogen-bond acceptors (Lipinski definition) is 5. The summed E-state index contributed by atoms with van der Waals surface area (Å²) in [6, 6.07) is 2.60. The molecule has 18 heavy (non-hydrogen) atoms. The van der Waals surface area contributed by atoms with E-state index in [-0.39, 0.29) is 17.6 Å². The van der Waals surface area contributed by atoms with Gasteiger partial charge in [-0.3, -0.25) is 4.79 Å². The molecule has 100 valence electrons. The second-order valence-electron chi connectivity index (χ2n) is 3.59. The van der Waals surface area contributed by atoms with Crippen LogP contribution in [0.4, 0.5) is 0 Å². The molecule has 0 aliphatic heterocycles. The lowest BCUT2D eigenvalue weighted by Gasteiger charge is -2.09. The van der Waals surface area contributed by atoms with E-state index >= 15 is 0 Å². The van der Waals surface area contributed by atoms with Crippen LogP contribution in [0.5, 0.6) is 0 Å². The minimum Gasteiger partial charge on any atom is -0.381 e. The molecule has 1 aromatic heterocycles. The largest absolute Gasteiger partial charge is 0.381 e. The summed E-state index contributed by atoms with van der Waals surface area (Å²) in [5, 5.41) is 0.0543. The third kappa shape index (κ3) is 4.25. The molecule has 1 aromatic rings. The fourth-order valence-electron chi connectivity index (χ4n) is 1.11. The predicted octanol–water partition coefficient (Wildman–Crippen LogP) is 0.965. The van der Waals surface area contributed by atoms with E-state index in [1.807, 2.05) is 4.72 Å². The van der Waals surface area contributed by atoms with Crippen molar-refractivity contribution in [1.29, 1.82) is 0 Å². The minimum absolute atomic E-state index is 0.0523. The summed E-state index contributed by atoms with van der Waals surface area (Å²) in [7, 11) is -2.52. The third-order valence-electron chi connectivity index (χ3n) is 2.10. The van der Waals surface area contributed by atoms with Crippen LogP contribution in [0.25, 0.3) is 0 Å². The fraction of sp³-hybridized carbons (Fsp3) is 0.400. The van der Waals surface area contributed by atoms with Gasteiger partial charge in [-0.25, -0.2) is 9.71 Å². The molecule has 0 spiro atoms. The number of amides is 1. The minimum atomic E-state index is -3.95. The van der Waals surface area contributed by atoms with Gasteiger partial charge in [-0.15, -0.1) is 0 Å². The molecular weight excluding hydrogens is 280 g/mol. The second kappa shape index (κ2) is 6.12. The highest BCUT2D eigenvalue weighted by Crippen LogP contribution is 2.10. The van der Waals surface area contributed by atoms with Crippen LogP contribution in [0.3, 0.4) is 0 Å². The van der Waals surface area contributed by atoms with Crippen molar-refractivity contribution in [1.82, 2.24) is 9.71 Å². The topological polar surface area (TPSA) is 85.4 Å². The lowest BCUT2D eigenvalue weighted by atomic mass is 10.3. The Bertz CT molecular complexity index is 515. The van der Waals surface area contributed by atoms with Gasteiger partial charge in [0.1, 0.15) is 0 Å². The maximum absolute atomic E-state index is 11.7. The monoisotopic (exact) mass is 292 g/mol. The molecule has 0 fully saturated rings. The molecule has 1 amide bonds. The number of pyridine rings is 1. The third-order valence-corrected chi connectivity index (χ3v) is 3.61. The van der Waals surface area contributed by atoms with Gasteiger partial charge in [0.15, 0.2) is 5.03 Å². The van der Waals surface area contributed by atoms with Crippen molar-refractivity contribution in [3.63, 3.8) is 0 Å². The number of carbonyl (C=O) groups is 1. The van der Waals surface area contributed by atoms with E-state index < -0.39 is 15.9 Å². The molecule has 8 heteroatoms. The van der Waals surface area contributed by atoms with Crippen LogP contribution in [-0.2, 0) is 19.6 Å². The van der Waals surface area contributed by atoms with Crippen LogP contribution in [-0.4, -0.2) is 32.5 Å². The Morgan fingerprint density at radius 2 is 2.22 bits per heavy atom. The van der Waals surface area contributed by atoms with Crippen molar-refractivity contribution in [2.75, 3.05) is 7.11 Å². The van der Waals surface area contributed by atoms with Crippen LogP contribution in [0, 0.1) is 0 Å². The Morgan fingerprint density at radius 1 is 1.56 bits per heavy atom. The second-order valence-corrected chi connectivity index (χ2v) is 5.66. The normalized spacial score (nSPS) is 13.1. The van der Waals surface area contributed by atoms with Crippen molar-refractivity contribution < 1.29 is 17.9 Å². The van der Waals surface area contributed by atoms with E-state index in [2.05, 4.69) is 4.98 Å². The Labute approximate surface area is 110 Å². The molecule has 0 aliphatic carbocycles. The number of nitrogens with one attached hydrogen (secondary N) is 1. The van der Waals surface area contributed by atoms with E-state index in [4.69, 9.17) is 16.3 Å². The average Bonchev–Trinajstić information content (AvgIpc) is 2.28. The summed E-state index contributed by atoms with van der Waals surface area (Å²) < 4.78 is 30.3. The highest BCUT2D eigenvalue weighted by atomic mass is 35.5. The van der Waals surface area contributed by atoms with Gasteiger partial charge in [0.25, 0.3) is 10.0 Å². The summed E-state index contributed by atoms with van der Waals surface area (Å²) in [5.41, 5.74) is 0. The fourth-order valence-corrected chi connectivity index (χ4v) is 2.15. The van der Waals surface area contributed by atoms with Gasteiger partial charge in [0.05, 0.1) is 17.5 Å². The van der Waals surface area contributed by atoms with Gasteiger partial charge in [0, 0.05) is 13.3 Å². The van der Waals surface area contributed by atoms with E-state index in [0.717, 1.165) is 0 Å². The van der Waals surface area contributed by atoms with Crippen molar-refractivity contribution in [3.8, 4) is 0 Å². The number of hydrogen-bond donors (Lipinski definition) is 1. The Kier molecular flexibility index (Phi) is 5.06. The van der Waals surface area contributed by atoms with E-state index in [0.29, 0.717) is 5.02 Å². The van der Waals surface area contributed by atoms with E-state index in [9.17, 15) is 13.2 Å². The smallest absolute Gasteiger partial charge is 0.281 e. The van der Waals surface area contributed by atoms with Crippen LogP contribution in [0.15, 0.2) is 23.4 Å². The standard InChI is InChI=1S/C10H13ClN2O4S/c1-7(17-2)5-9(14)13-18(15,16)10-4-3-8(11)6-12-10/h3-4,6-7H,5H2,1-2H3,(H,13,14)/t7-/m1/s1. The van der Waals surface area contributed by atoms with E-state index in [1.54, 1.807) is 6.92 Å². The molecule has 1 N–H and O–H groups in total. The van der Waals surface area contributed by atoms with Crippen LogP contribution in [0.2, 0.25) is 5.02 Å². The lowest BCUT2D eigenvalue weighted by Crippen LogP contribution is -2.33. The average molecular weight is 293 g/mol.